The van der Waals surface area contributed by atoms with Gasteiger partial charge < -0.3 is 9.64 Å². The van der Waals surface area contributed by atoms with Crippen molar-refractivity contribution in [3.63, 3.8) is 0 Å². The first kappa shape index (κ1) is 20.6. The van der Waals surface area contributed by atoms with E-state index in [2.05, 4.69) is 0 Å². The lowest BCUT2D eigenvalue weighted by Gasteiger charge is -2.23. The molecule has 0 radical (unpaired) electrons. The van der Waals surface area contributed by atoms with E-state index < -0.39 is 15.8 Å². The maximum atomic E-state index is 13.0. The highest BCUT2D eigenvalue weighted by molar-refractivity contribution is 7.89. The number of aryl methyl sites for hydroxylation is 1. The standard InChI is InChI=1S/C20H23NO5S/c1-15-7-4-5-9-18(15)12-21(13-19(22)26-2)20(23)17-10-6-8-16(11-17)14-27(3,24)25/h4-11H,12-14H2,1-3H3. The second-order valence-corrected chi connectivity index (χ2v) is 8.57. The number of methoxy groups -OCH3 is 1. The molecular weight excluding hydrogens is 366 g/mol. The van der Waals surface area contributed by atoms with Gasteiger partial charge in [0.05, 0.1) is 12.9 Å². The number of benzene rings is 2. The molecule has 0 bridgehead atoms. The topological polar surface area (TPSA) is 80.8 Å². The van der Waals surface area contributed by atoms with Gasteiger partial charge in [-0.05, 0) is 35.7 Å². The molecule has 2 aromatic rings. The lowest BCUT2D eigenvalue weighted by atomic mass is 10.1. The molecule has 0 spiro atoms. The SMILES string of the molecule is COC(=O)CN(Cc1ccccc1C)C(=O)c1cccc(CS(C)(=O)=O)c1. The molecule has 2 rings (SSSR count). The molecule has 0 fully saturated rings. The summed E-state index contributed by atoms with van der Waals surface area (Å²) in [6, 6.07) is 14.1. The van der Waals surface area contributed by atoms with Gasteiger partial charge >= 0.3 is 5.97 Å². The summed E-state index contributed by atoms with van der Waals surface area (Å²) in [5.41, 5.74) is 2.78. The zero-order chi connectivity index (χ0) is 20.0. The predicted molar refractivity (Wildman–Crippen MR) is 103 cm³/mol. The Morgan fingerprint density at radius 1 is 1.07 bits per heavy atom. The Bertz CT molecular complexity index is 937. The summed E-state index contributed by atoms with van der Waals surface area (Å²) < 4.78 is 27.8. The third-order valence-corrected chi connectivity index (χ3v) is 4.92. The van der Waals surface area contributed by atoms with Gasteiger partial charge in [0.25, 0.3) is 5.91 Å². The fourth-order valence-electron chi connectivity index (χ4n) is 2.69. The van der Waals surface area contributed by atoms with E-state index in [-0.39, 0.29) is 24.7 Å². The quantitative estimate of drug-likeness (QED) is 0.679. The van der Waals surface area contributed by atoms with Crippen LogP contribution in [0.2, 0.25) is 0 Å². The van der Waals surface area contributed by atoms with Crippen molar-refractivity contribution >= 4 is 21.7 Å². The van der Waals surface area contributed by atoms with Crippen LogP contribution in [0.15, 0.2) is 48.5 Å². The summed E-state index contributed by atoms with van der Waals surface area (Å²) in [6.45, 7) is 1.99. The van der Waals surface area contributed by atoms with Crippen molar-refractivity contribution in [1.82, 2.24) is 4.90 Å². The van der Waals surface area contributed by atoms with E-state index in [4.69, 9.17) is 4.74 Å². The molecule has 27 heavy (non-hydrogen) atoms. The van der Waals surface area contributed by atoms with Crippen LogP contribution in [-0.2, 0) is 31.7 Å². The van der Waals surface area contributed by atoms with Crippen LogP contribution in [0.5, 0.6) is 0 Å². The van der Waals surface area contributed by atoms with Crippen molar-refractivity contribution in [2.45, 2.75) is 19.2 Å². The van der Waals surface area contributed by atoms with Gasteiger partial charge in [-0.1, -0.05) is 36.4 Å². The summed E-state index contributed by atoms with van der Waals surface area (Å²) in [7, 11) is -1.95. The van der Waals surface area contributed by atoms with E-state index in [1.165, 1.54) is 12.0 Å². The molecule has 1 amide bonds. The van der Waals surface area contributed by atoms with Crippen molar-refractivity contribution < 1.29 is 22.7 Å². The molecule has 0 N–H and O–H groups in total. The Morgan fingerprint density at radius 3 is 2.41 bits per heavy atom. The molecule has 2 aromatic carbocycles. The molecule has 0 unspecified atom stereocenters. The third-order valence-electron chi connectivity index (χ3n) is 4.06. The summed E-state index contributed by atoms with van der Waals surface area (Å²) in [6.07, 6.45) is 1.14. The van der Waals surface area contributed by atoms with Crippen LogP contribution in [0.3, 0.4) is 0 Å². The van der Waals surface area contributed by atoms with Gasteiger partial charge in [-0.15, -0.1) is 0 Å². The Labute approximate surface area is 159 Å². The minimum Gasteiger partial charge on any atom is -0.468 e. The smallest absolute Gasteiger partial charge is 0.325 e. The molecular formula is C20H23NO5S. The van der Waals surface area contributed by atoms with Crippen molar-refractivity contribution in [2.75, 3.05) is 19.9 Å². The third kappa shape index (κ3) is 6.21. The Kier molecular flexibility index (Phi) is 6.74. The minimum atomic E-state index is -3.22. The molecule has 6 nitrogen and oxygen atoms in total. The fourth-order valence-corrected chi connectivity index (χ4v) is 3.48. The summed E-state index contributed by atoms with van der Waals surface area (Å²) in [5.74, 6) is -1.04. The monoisotopic (exact) mass is 389 g/mol. The number of hydrogen-bond donors (Lipinski definition) is 0. The first-order chi connectivity index (χ1) is 12.7. The highest BCUT2D eigenvalue weighted by atomic mass is 32.2. The average molecular weight is 389 g/mol. The fraction of sp³-hybridized carbons (Fsp3) is 0.300. The van der Waals surface area contributed by atoms with Crippen LogP contribution in [0.1, 0.15) is 27.0 Å². The van der Waals surface area contributed by atoms with Gasteiger partial charge in [0, 0.05) is 18.4 Å². The largest absolute Gasteiger partial charge is 0.468 e. The number of carbonyl (C=O) groups is 2. The zero-order valence-corrected chi connectivity index (χ0v) is 16.5. The van der Waals surface area contributed by atoms with Crippen LogP contribution in [0, 0.1) is 6.92 Å². The molecule has 0 heterocycles. The van der Waals surface area contributed by atoms with Gasteiger partial charge in [0.1, 0.15) is 6.54 Å². The first-order valence-electron chi connectivity index (χ1n) is 8.37. The van der Waals surface area contributed by atoms with Crippen molar-refractivity contribution in [2.24, 2.45) is 0 Å². The van der Waals surface area contributed by atoms with Crippen LogP contribution in [0.25, 0.3) is 0 Å². The van der Waals surface area contributed by atoms with Crippen molar-refractivity contribution in [1.29, 1.82) is 0 Å². The number of hydrogen-bond acceptors (Lipinski definition) is 5. The Morgan fingerprint density at radius 2 is 1.78 bits per heavy atom. The molecule has 0 aromatic heterocycles. The van der Waals surface area contributed by atoms with Gasteiger partial charge in [-0.3, -0.25) is 9.59 Å². The Balaban J connectivity index is 2.32. The maximum Gasteiger partial charge on any atom is 0.325 e. The average Bonchev–Trinajstić information content (AvgIpc) is 2.61. The van der Waals surface area contributed by atoms with E-state index in [9.17, 15) is 18.0 Å². The number of nitrogens with zero attached hydrogens (tertiary/aromatic N) is 1. The van der Waals surface area contributed by atoms with Crippen LogP contribution >= 0.6 is 0 Å². The van der Waals surface area contributed by atoms with E-state index in [1.807, 2.05) is 31.2 Å². The van der Waals surface area contributed by atoms with Crippen molar-refractivity contribution in [3.05, 3.63) is 70.8 Å². The van der Waals surface area contributed by atoms with Crippen molar-refractivity contribution in [3.8, 4) is 0 Å². The molecule has 0 saturated carbocycles. The number of esters is 1. The summed E-state index contributed by atoms with van der Waals surface area (Å²) >= 11 is 0. The van der Waals surface area contributed by atoms with Crippen LogP contribution in [0.4, 0.5) is 0 Å². The molecule has 0 aliphatic heterocycles. The maximum absolute atomic E-state index is 13.0. The van der Waals surface area contributed by atoms with Gasteiger partial charge in [0.15, 0.2) is 9.84 Å². The van der Waals surface area contributed by atoms with Gasteiger partial charge in [0.2, 0.25) is 0 Å². The Hall–Kier alpha value is -2.67. The number of ether oxygens (including phenoxy) is 1. The number of amides is 1. The molecule has 0 aliphatic carbocycles. The zero-order valence-electron chi connectivity index (χ0n) is 15.6. The highest BCUT2D eigenvalue weighted by Crippen LogP contribution is 2.15. The van der Waals surface area contributed by atoms with Crippen LogP contribution in [-0.4, -0.2) is 45.1 Å². The second-order valence-electron chi connectivity index (χ2n) is 6.43. The lowest BCUT2D eigenvalue weighted by molar-refractivity contribution is -0.141. The number of rotatable bonds is 7. The molecule has 0 aliphatic rings. The van der Waals surface area contributed by atoms with Gasteiger partial charge in [-0.2, -0.15) is 0 Å². The second kappa shape index (κ2) is 8.81. The highest BCUT2D eigenvalue weighted by Gasteiger charge is 2.21. The molecule has 0 saturated heterocycles. The molecule has 7 heteroatoms. The predicted octanol–water partition coefficient (Wildman–Crippen LogP) is 2.36. The van der Waals surface area contributed by atoms with E-state index in [0.29, 0.717) is 11.1 Å². The first-order valence-corrected chi connectivity index (χ1v) is 10.4. The van der Waals surface area contributed by atoms with Crippen LogP contribution < -0.4 is 0 Å². The summed E-state index contributed by atoms with van der Waals surface area (Å²) in [5, 5.41) is 0. The molecule has 0 atom stereocenters. The van der Waals surface area contributed by atoms with E-state index in [1.54, 1.807) is 24.3 Å². The van der Waals surface area contributed by atoms with E-state index >= 15 is 0 Å². The summed E-state index contributed by atoms with van der Waals surface area (Å²) in [4.78, 5) is 26.2. The lowest BCUT2D eigenvalue weighted by Crippen LogP contribution is -2.36. The normalized spacial score (nSPS) is 11.1. The molecule has 144 valence electrons. The number of sulfone groups is 1. The van der Waals surface area contributed by atoms with Gasteiger partial charge in [-0.25, -0.2) is 8.42 Å². The number of carbonyl (C=O) groups excluding carboxylic acids is 2. The minimum absolute atomic E-state index is 0.150. The van der Waals surface area contributed by atoms with E-state index in [0.717, 1.165) is 17.4 Å².